The Morgan fingerprint density at radius 3 is 2.33 bits per heavy atom. The average Bonchev–Trinajstić information content (AvgIpc) is 2.29. The lowest BCUT2D eigenvalue weighted by Gasteiger charge is -2.16. The molecule has 0 heterocycles. The molecule has 0 saturated carbocycles. The molecule has 0 fully saturated rings. The van der Waals surface area contributed by atoms with E-state index in [1.165, 1.54) is 25.3 Å². The molecule has 0 atom stereocenters. The molecule has 0 aliphatic rings. The monoisotopic (exact) mass is 281 g/mol. The Kier molecular flexibility index (Phi) is 7.33. The predicted molar refractivity (Wildman–Crippen MR) is 64.9 cm³/mol. The molecule has 8 heteroatoms. The quantitative estimate of drug-likeness (QED) is 0.484. The molecule has 1 amide bonds. The van der Waals surface area contributed by atoms with Crippen molar-refractivity contribution < 1.29 is 27.5 Å². The smallest absolute Gasteiger partial charge is 0.410 e. The van der Waals surface area contributed by atoms with Crippen LogP contribution in [0.5, 0.6) is 0 Å². The van der Waals surface area contributed by atoms with Gasteiger partial charge in [0.1, 0.15) is 9.84 Å². The van der Waals surface area contributed by atoms with Crippen molar-refractivity contribution in [1.82, 2.24) is 4.90 Å². The van der Waals surface area contributed by atoms with Crippen LogP contribution in [-0.4, -0.2) is 64.7 Å². The Morgan fingerprint density at radius 2 is 1.83 bits per heavy atom. The van der Waals surface area contributed by atoms with Crippen LogP contribution in [0.15, 0.2) is 0 Å². The summed E-state index contributed by atoms with van der Waals surface area (Å²) in [5.41, 5.74) is 0. The molecule has 18 heavy (non-hydrogen) atoms. The largest absolute Gasteiger partial charge is 0.466 e. The minimum atomic E-state index is -2.96. The summed E-state index contributed by atoms with van der Waals surface area (Å²) in [4.78, 5) is 23.3. The number of carbonyl (C=O) groups excluding carboxylic acids is 2. The van der Waals surface area contributed by atoms with Gasteiger partial charge in [-0.1, -0.05) is 0 Å². The van der Waals surface area contributed by atoms with Crippen molar-refractivity contribution in [3.63, 3.8) is 0 Å². The highest BCUT2D eigenvalue weighted by Crippen LogP contribution is 1.98. The van der Waals surface area contributed by atoms with Crippen LogP contribution in [0, 0.1) is 0 Å². The zero-order chi connectivity index (χ0) is 14.2. The lowest BCUT2D eigenvalue weighted by Crippen LogP contribution is -2.30. The summed E-state index contributed by atoms with van der Waals surface area (Å²) in [6.07, 6.45) is 1.56. The topological polar surface area (TPSA) is 90.0 Å². The Morgan fingerprint density at radius 1 is 1.22 bits per heavy atom. The molecule has 0 spiro atoms. The van der Waals surface area contributed by atoms with E-state index in [4.69, 9.17) is 0 Å². The van der Waals surface area contributed by atoms with E-state index in [9.17, 15) is 18.0 Å². The number of sulfone groups is 1. The van der Waals surface area contributed by atoms with Crippen molar-refractivity contribution in [1.29, 1.82) is 0 Å². The number of unbranched alkanes of at least 4 members (excludes halogenated alkanes) is 1. The van der Waals surface area contributed by atoms with E-state index in [-0.39, 0.29) is 5.75 Å². The van der Waals surface area contributed by atoms with Crippen LogP contribution in [0.1, 0.15) is 12.8 Å². The van der Waals surface area contributed by atoms with Crippen LogP contribution in [0.4, 0.5) is 4.79 Å². The molecule has 0 bridgehead atoms. The zero-order valence-corrected chi connectivity index (χ0v) is 11.7. The Bertz CT molecular complexity index is 378. The number of carbonyl (C=O) groups is 2. The Labute approximate surface area is 107 Å². The summed E-state index contributed by atoms with van der Waals surface area (Å²) in [5.74, 6) is -0.535. The van der Waals surface area contributed by atoms with Crippen molar-refractivity contribution in [3.8, 4) is 0 Å². The first-order chi connectivity index (χ1) is 8.26. The second kappa shape index (κ2) is 7.91. The lowest BCUT2D eigenvalue weighted by molar-refractivity contribution is -0.144. The summed E-state index contributed by atoms with van der Waals surface area (Å²) in [7, 11) is -0.250. The molecule has 0 saturated heterocycles. The minimum absolute atomic E-state index is 0.0953. The summed E-state index contributed by atoms with van der Waals surface area (Å²) < 4.78 is 30.7. The number of rotatable bonds is 7. The average molecular weight is 281 g/mol. The number of ether oxygens (including phenoxy) is 2. The standard InChI is InChI=1S/C10H19NO6S/c1-11(6-4-5-7-18(3,14)15)10(13)17-8-9(12)16-2/h4-8H2,1-3H3. The summed E-state index contributed by atoms with van der Waals surface area (Å²) >= 11 is 0. The molecule has 0 unspecified atom stereocenters. The molecule has 0 aromatic heterocycles. The number of nitrogens with zero attached hydrogens (tertiary/aromatic N) is 1. The summed E-state index contributed by atoms with van der Waals surface area (Å²) in [6, 6.07) is 0. The van der Waals surface area contributed by atoms with Crippen molar-refractivity contribution in [2.24, 2.45) is 0 Å². The highest BCUT2D eigenvalue weighted by atomic mass is 32.2. The lowest BCUT2D eigenvalue weighted by atomic mass is 10.3. The van der Waals surface area contributed by atoms with Crippen LogP contribution in [0.25, 0.3) is 0 Å². The number of esters is 1. The van der Waals surface area contributed by atoms with Gasteiger partial charge in [0.15, 0.2) is 6.61 Å². The van der Waals surface area contributed by atoms with E-state index in [0.29, 0.717) is 19.4 Å². The van der Waals surface area contributed by atoms with Crippen LogP contribution >= 0.6 is 0 Å². The first-order valence-electron chi connectivity index (χ1n) is 5.38. The molecule has 0 rings (SSSR count). The first kappa shape index (κ1) is 16.7. The fraction of sp³-hybridized carbons (Fsp3) is 0.800. The van der Waals surface area contributed by atoms with Gasteiger partial charge < -0.3 is 14.4 Å². The first-order valence-corrected chi connectivity index (χ1v) is 7.44. The van der Waals surface area contributed by atoms with Crippen LogP contribution < -0.4 is 0 Å². The number of hydrogen-bond donors (Lipinski definition) is 0. The molecule has 7 nitrogen and oxygen atoms in total. The maximum atomic E-state index is 11.3. The zero-order valence-electron chi connectivity index (χ0n) is 10.8. The summed E-state index contributed by atoms with van der Waals surface area (Å²) in [6.45, 7) is -0.0570. The van der Waals surface area contributed by atoms with Crippen molar-refractivity contribution in [2.75, 3.05) is 39.3 Å². The van der Waals surface area contributed by atoms with E-state index < -0.39 is 28.5 Å². The molecule has 106 valence electrons. The van der Waals surface area contributed by atoms with Gasteiger partial charge >= 0.3 is 12.1 Å². The number of amides is 1. The molecule has 0 aliphatic heterocycles. The number of methoxy groups -OCH3 is 1. The second-order valence-corrected chi connectivity index (χ2v) is 6.15. The van der Waals surface area contributed by atoms with Gasteiger partial charge in [-0.05, 0) is 12.8 Å². The van der Waals surface area contributed by atoms with E-state index >= 15 is 0 Å². The maximum Gasteiger partial charge on any atom is 0.410 e. The van der Waals surface area contributed by atoms with Gasteiger partial charge in [-0.25, -0.2) is 18.0 Å². The highest BCUT2D eigenvalue weighted by molar-refractivity contribution is 7.90. The van der Waals surface area contributed by atoms with Crippen molar-refractivity contribution in [3.05, 3.63) is 0 Å². The third-order valence-corrected chi connectivity index (χ3v) is 3.14. The van der Waals surface area contributed by atoms with E-state index in [1.807, 2.05) is 0 Å². The van der Waals surface area contributed by atoms with Crippen molar-refractivity contribution >= 4 is 21.9 Å². The van der Waals surface area contributed by atoms with Gasteiger partial charge in [-0.2, -0.15) is 0 Å². The third kappa shape index (κ3) is 8.80. The Balaban J connectivity index is 3.78. The Hall–Kier alpha value is -1.31. The van der Waals surface area contributed by atoms with Gasteiger partial charge in [0, 0.05) is 25.6 Å². The van der Waals surface area contributed by atoms with Crippen molar-refractivity contribution in [2.45, 2.75) is 12.8 Å². The van der Waals surface area contributed by atoms with E-state index in [1.54, 1.807) is 0 Å². The molecular weight excluding hydrogens is 262 g/mol. The maximum absolute atomic E-state index is 11.3. The van der Waals surface area contributed by atoms with Gasteiger partial charge in [0.2, 0.25) is 0 Å². The molecule has 0 radical (unpaired) electrons. The normalized spacial score (nSPS) is 10.8. The van der Waals surface area contributed by atoms with Gasteiger partial charge in [0.05, 0.1) is 7.11 Å². The molecule has 0 aromatic carbocycles. The van der Waals surface area contributed by atoms with E-state index in [2.05, 4.69) is 9.47 Å². The van der Waals surface area contributed by atoms with Crippen LogP contribution in [0.3, 0.4) is 0 Å². The number of hydrogen-bond acceptors (Lipinski definition) is 6. The predicted octanol–water partition coefficient (Wildman–Crippen LogP) is 0.0526. The third-order valence-electron chi connectivity index (χ3n) is 2.11. The molecule has 0 aliphatic carbocycles. The van der Waals surface area contributed by atoms with Gasteiger partial charge in [0.25, 0.3) is 0 Å². The van der Waals surface area contributed by atoms with Gasteiger partial charge in [-0.3, -0.25) is 0 Å². The summed E-state index contributed by atoms with van der Waals surface area (Å²) in [5, 5.41) is 0. The molecule has 0 aromatic rings. The second-order valence-electron chi connectivity index (χ2n) is 3.89. The fourth-order valence-corrected chi connectivity index (χ4v) is 1.82. The minimum Gasteiger partial charge on any atom is -0.466 e. The van der Waals surface area contributed by atoms with Gasteiger partial charge in [-0.15, -0.1) is 0 Å². The highest BCUT2D eigenvalue weighted by Gasteiger charge is 2.12. The molecular formula is C10H19NO6S. The SMILES string of the molecule is COC(=O)COC(=O)N(C)CCCCS(C)(=O)=O. The van der Waals surface area contributed by atoms with Crippen LogP contribution in [0.2, 0.25) is 0 Å². The fourth-order valence-electron chi connectivity index (χ4n) is 1.09. The van der Waals surface area contributed by atoms with Crippen LogP contribution in [-0.2, 0) is 24.1 Å². The molecule has 0 N–H and O–H groups in total. The van der Waals surface area contributed by atoms with E-state index in [0.717, 1.165) is 0 Å².